The number of esters is 1. The van der Waals surface area contributed by atoms with Gasteiger partial charge in [0.1, 0.15) is 24.1 Å². The molecular formula is C10H14O5. The SMILES string of the molecule is CO[C@H]1[C@@H]2CO[C@@]1(COC(C)=O)CC2=O. The first-order valence-corrected chi connectivity index (χ1v) is 4.92. The van der Waals surface area contributed by atoms with Crippen LogP contribution in [-0.2, 0) is 23.8 Å². The lowest BCUT2D eigenvalue weighted by molar-refractivity contribution is -0.158. The van der Waals surface area contributed by atoms with E-state index < -0.39 is 5.60 Å². The summed E-state index contributed by atoms with van der Waals surface area (Å²) in [5.74, 6) is -0.420. The maximum Gasteiger partial charge on any atom is 0.302 e. The van der Waals surface area contributed by atoms with Crippen LogP contribution in [0.3, 0.4) is 0 Å². The van der Waals surface area contributed by atoms with Crippen LogP contribution in [0.15, 0.2) is 0 Å². The Morgan fingerprint density at radius 2 is 2.40 bits per heavy atom. The number of rotatable bonds is 3. The average Bonchev–Trinajstić information content (AvgIpc) is 2.66. The summed E-state index contributed by atoms with van der Waals surface area (Å²) in [5.41, 5.74) is -0.734. The van der Waals surface area contributed by atoms with E-state index in [-0.39, 0.29) is 36.8 Å². The van der Waals surface area contributed by atoms with E-state index in [1.165, 1.54) is 6.92 Å². The van der Waals surface area contributed by atoms with Gasteiger partial charge in [-0.3, -0.25) is 9.59 Å². The van der Waals surface area contributed by atoms with Crippen LogP contribution in [0.2, 0.25) is 0 Å². The van der Waals surface area contributed by atoms with Crippen molar-refractivity contribution in [2.45, 2.75) is 25.0 Å². The van der Waals surface area contributed by atoms with Crippen LogP contribution >= 0.6 is 0 Å². The van der Waals surface area contributed by atoms with Crippen molar-refractivity contribution in [1.29, 1.82) is 0 Å². The summed E-state index contributed by atoms with van der Waals surface area (Å²) >= 11 is 0. The van der Waals surface area contributed by atoms with Crippen molar-refractivity contribution in [3.8, 4) is 0 Å². The molecule has 2 aliphatic rings. The summed E-state index contributed by atoms with van der Waals surface area (Å²) in [6, 6.07) is 0. The number of hydrogen-bond acceptors (Lipinski definition) is 5. The van der Waals surface area contributed by atoms with Crippen molar-refractivity contribution in [2.75, 3.05) is 20.3 Å². The van der Waals surface area contributed by atoms with E-state index in [4.69, 9.17) is 14.2 Å². The molecule has 0 radical (unpaired) electrons. The van der Waals surface area contributed by atoms with Crippen molar-refractivity contribution < 1.29 is 23.8 Å². The van der Waals surface area contributed by atoms with E-state index in [0.29, 0.717) is 6.61 Å². The zero-order valence-corrected chi connectivity index (χ0v) is 8.82. The van der Waals surface area contributed by atoms with Crippen LogP contribution in [0, 0.1) is 5.92 Å². The minimum absolute atomic E-state index is 0.100. The van der Waals surface area contributed by atoms with Gasteiger partial charge in [-0.15, -0.1) is 0 Å². The Balaban J connectivity index is 2.12. The third kappa shape index (κ3) is 1.55. The van der Waals surface area contributed by atoms with Crippen LogP contribution in [0.25, 0.3) is 0 Å². The average molecular weight is 214 g/mol. The molecule has 1 aliphatic carbocycles. The number of carbonyl (C=O) groups is 2. The third-order valence-electron chi connectivity index (χ3n) is 3.10. The molecule has 0 amide bonds. The van der Waals surface area contributed by atoms with Crippen LogP contribution in [0.1, 0.15) is 13.3 Å². The number of carbonyl (C=O) groups excluding carboxylic acids is 2. The molecule has 0 aromatic carbocycles. The molecule has 1 saturated carbocycles. The number of ketones is 1. The molecular weight excluding hydrogens is 200 g/mol. The lowest BCUT2D eigenvalue weighted by atomic mass is 10.0. The Morgan fingerprint density at radius 1 is 1.67 bits per heavy atom. The molecule has 0 unspecified atom stereocenters. The van der Waals surface area contributed by atoms with E-state index in [1.807, 2.05) is 0 Å². The van der Waals surface area contributed by atoms with Crippen molar-refractivity contribution in [3.63, 3.8) is 0 Å². The number of Topliss-reactive ketones (excluding diaryl/α,β-unsaturated/α-hetero) is 1. The first-order chi connectivity index (χ1) is 7.09. The van der Waals surface area contributed by atoms with Crippen molar-refractivity contribution in [3.05, 3.63) is 0 Å². The van der Waals surface area contributed by atoms with E-state index in [1.54, 1.807) is 7.11 Å². The van der Waals surface area contributed by atoms with Gasteiger partial charge in [-0.25, -0.2) is 0 Å². The molecule has 0 N–H and O–H groups in total. The first-order valence-electron chi connectivity index (χ1n) is 4.92. The molecule has 0 aromatic rings. The lowest BCUT2D eigenvalue weighted by Crippen LogP contribution is -2.43. The van der Waals surface area contributed by atoms with Gasteiger partial charge >= 0.3 is 5.97 Å². The van der Waals surface area contributed by atoms with Crippen LogP contribution in [0.5, 0.6) is 0 Å². The summed E-state index contributed by atoms with van der Waals surface area (Å²) in [6.07, 6.45) is 0.00745. The second-order valence-electron chi connectivity index (χ2n) is 4.06. The van der Waals surface area contributed by atoms with E-state index >= 15 is 0 Å². The highest BCUT2D eigenvalue weighted by Gasteiger charge is 2.61. The Bertz CT molecular complexity index is 300. The van der Waals surface area contributed by atoms with Gasteiger partial charge in [0.05, 0.1) is 12.5 Å². The maximum absolute atomic E-state index is 11.6. The zero-order valence-electron chi connectivity index (χ0n) is 8.82. The smallest absolute Gasteiger partial charge is 0.302 e. The summed E-state index contributed by atoms with van der Waals surface area (Å²) in [7, 11) is 1.55. The fraction of sp³-hybridized carbons (Fsp3) is 0.800. The van der Waals surface area contributed by atoms with Gasteiger partial charge in [-0.05, 0) is 0 Å². The zero-order chi connectivity index (χ0) is 11.1. The minimum atomic E-state index is -0.734. The fourth-order valence-corrected chi connectivity index (χ4v) is 2.41. The highest BCUT2D eigenvalue weighted by atomic mass is 16.6. The molecule has 0 spiro atoms. The fourth-order valence-electron chi connectivity index (χ4n) is 2.41. The Labute approximate surface area is 87.7 Å². The Kier molecular flexibility index (Phi) is 2.52. The van der Waals surface area contributed by atoms with Gasteiger partial charge < -0.3 is 14.2 Å². The standard InChI is InChI=1S/C10H14O5/c1-6(11)14-5-10-3-8(12)7(4-15-10)9(10)13-2/h7,9H,3-5H2,1-2H3/t7-,9+,10-/m1/s1. The molecule has 1 aliphatic heterocycles. The highest BCUT2D eigenvalue weighted by Crippen LogP contribution is 2.44. The number of fused-ring (bicyclic) bond motifs is 2. The van der Waals surface area contributed by atoms with Gasteiger partial charge in [0.25, 0.3) is 0 Å². The molecule has 3 atom stereocenters. The van der Waals surface area contributed by atoms with E-state index in [2.05, 4.69) is 0 Å². The number of methoxy groups -OCH3 is 1. The topological polar surface area (TPSA) is 61.8 Å². The minimum Gasteiger partial charge on any atom is -0.463 e. The Hall–Kier alpha value is -0.940. The molecule has 84 valence electrons. The predicted octanol–water partition coefficient (Wildman–Crippen LogP) is -0.0775. The predicted molar refractivity (Wildman–Crippen MR) is 49.2 cm³/mol. The molecule has 5 nitrogen and oxygen atoms in total. The quantitative estimate of drug-likeness (QED) is 0.615. The number of hydrogen-bond donors (Lipinski definition) is 0. The van der Waals surface area contributed by atoms with Gasteiger partial charge in [0.2, 0.25) is 0 Å². The van der Waals surface area contributed by atoms with Crippen LogP contribution in [0.4, 0.5) is 0 Å². The second kappa shape index (κ2) is 3.57. The van der Waals surface area contributed by atoms with E-state index in [0.717, 1.165) is 0 Å². The first kappa shape index (κ1) is 10.6. The molecule has 2 bridgehead atoms. The normalized spacial score (nSPS) is 38.4. The summed E-state index contributed by atoms with van der Waals surface area (Å²) in [5, 5.41) is 0. The van der Waals surface area contributed by atoms with Crippen molar-refractivity contribution >= 4 is 11.8 Å². The van der Waals surface area contributed by atoms with Crippen LogP contribution < -0.4 is 0 Å². The molecule has 15 heavy (non-hydrogen) atoms. The third-order valence-corrected chi connectivity index (χ3v) is 3.10. The number of ether oxygens (including phenoxy) is 3. The van der Waals surface area contributed by atoms with Gasteiger partial charge in [-0.2, -0.15) is 0 Å². The molecule has 0 aromatic heterocycles. The molecule has 1 saturated heterocycles. The monoisotopic (exact) mass is 214 g/mol. The summed E-state index contributed by atoms with van der Waals surface area (Å²) in [4.78, 5) is 22.3. The molecule has 5 heteroatoms. The van der Waals surface area contributed by atoms with Crippen LogP contribution in [-0.4, -0.2) is 43.8 Å². The van der Waals surface area contributed by atoms with Crippen molar-refractivity contribution in [2.24, 2.45) is 5.92 Å². The summed E-state index contributed by atoms with van der Waals surface area (Å²) in [6.45, 7) is 1.81. The summed E-state index contributed by atoms with van der Waals surface area (Å²) < 4.78 is 15.7. The van der Waals surface area contributed by atoms with Crippen molar-refractivity contribution in [1.82, 2.24) is 0 Å². The maximum atomic E-state index is 11.6. The van der Waals surface area contributed by atoms with Gasteiger partial charge in [0, 0.05) is 20.5 Å². The second-order valence-corrected chi connectivity index (χ2v) is 4.06. The van der Waals surface area contributed by atoms with Gasteiger partial charge in [-0.1, -0.05) is 0 Å². The molecule has 2 fully saturated rings. The molecule has 2 rings (SSSR count). The van der Waals surface area contributed by atoms with E-state index in [9.17, 15) is 9.59 Å². The Morgan fingerprint density at radius 3 is 2.93 bits per heavy atom. The molecule has 1 heterocycles. The largest absolute Gasteiger partial charge is 0.463 e. The van der Waals surface area contributed by atoms with Gasteiger partial charge in [0.15, 0.2) is 0 Å². The highest BCUT2D eigenvalue weighted by molar-refractivity contribution is 5.87. The lowest BCUT2D eigenvalue weighted by Gasteiger charge is -2.28.